The van der Waals surface area contributed by atoms with Crippen molar-refractivity contribution in [3.63, 3.8) is 0 Å². The molecule has 0 aliphatic rings. The number of aryl methyl sites for hydroxylation is 2. The summed E-state index contributed by atoms with van der Waals surface area (Å²) in [6.07, 6.45) is 0.358. The molecule has 4 nitrogen and oxygen atoms in total. The van der Waals surface area contributed by atoms with Crippen LogP contribution >= 0.6 is 0 Å². The zero-order chi connectivity index (χ0) is 16.8. The fourth-order valence-corrected chi connectivity index (χ4v) is 2.44. The van der Waals surface area contributed by atoms with Crippen molar-refractivity contribution in [3.05, 3.63) is 59.2 Å². The first kappa shape index (κ1) is 16.7. The molecular formula is C19H22N2O2. The van der Waals surface area contributed by atoms with E-state index in [9.17, 15) is 9.59 Å². The van der Waals surface area contributed by atoms with Gasteiger partial charge in [-0.3, -0.25) is 9.59 Å². The van der Waals surface area contributed by atoms with Crippen LogP contribution in [-0.4, -0.2) is 18.2 Å². The molecule has 2 aromatic rings. The Hall–Kier alpha value is -2.62. The van der Waals surface area contributed by atoms with Crippen LogP contribution in [0.3, 0.4) is 0 Å². The first-order valence-corrected chi connectivity index (χ1v) is 7.67. The number of rotatable bonds is 6. The van der Waals surface area contributed by atoms with Crippen LogP contribution in [0.25, 0.3) is 0 Å². The van der Waals surface area contributed by atoms with E-state index in [0.29, 0.717) is 24.2 Å². The van der Waals surface area contributed by atoms with Gasteiger partial charge in [0.05, 0.1) is 0 Å². The molecule has 0 unspecified atom stereocenters. The average molecular weight is 310 g/mol. The molecule has 120 valence electrons. The quantitative estimate of drug-likeness (QED) is 0.794. The summed E-state index contributed by atoms with van der Waals surface area (Å²) in [6.45, 7) is 6.16. The van der Waals surface area contributed by atoms with Crippen molar-refractivity contribution in [1.29, 1.82) is 0 Å². The number of Topliss-reactive ketones (excluding diaryl/α,β-unsaturated/α-hetero) is 1. The molecule has 0 bridgehead atoms. The molecule has 0 spiro atoms. The molecule has 4 heteroatoms. The van der Waals surface area contributed by atoms with Crippen LogP contribution in [0.15, 0.2) is 42.5 Å². The van der Waals surface area contributed by atoms with E-state index in [-0.39, 0.29) is 11.7 Å². The number of nitrogens with one attached hydrogen (secondary N) is 2. The lowest BCUT2D eigenvalue weighted by Gasteiger charge is -2.09. The average Bonchev–Trinajstić information content (AvgIpc) is 2.46. The summed E-state index contributed by atoms with van der Waals surface area (Å²) in [5.74, 6) is -0.0971. The third-order valence-electron chi connectivity index (χ3n) is 3.46. The van der Waals surface area contributed by atoms with E-state index in [0.717, 1.165) is 5.69 Å². The number of benzene rings is 2. The summed E-state index contributed by atoms with van der Waals surface area (Å²) in [7, 11) is 0. The van der Waals surface area contributed by atoms with Gasteiger partial charge in [-0.2, -0.15) is 0 Å². The topological polar surface area (TPSA) is 58.2 Å². The smallest absolute Gasteiger partial charge is 0.226 e. The van der Waals surface area contributed by atoms with Gasteiger partial charge < -0.3 is 10.6 Å². The lowest BCUT2D eigenvalue weighted by atomic mass is 10.1. The normalized spacial score (nSPS) is 10.2. The van der Waals surface area contributed by atoms with Gasteiger partial charge in [-0.05, 0) is 56.2 Å². The molecular weight excluding hydrogens is 288 g/mol. The van der Waals surface area contributed by atoms with E-state index < -0.39 is 0 Å². The van der Waals surface area contributed by atoms with E-state index in [1.807, 2.05) is 13.8 Å². The molecule has 0 saturated carbocycles. The van der Waals surface area contributed by atoms with Gasteiger partial charge in [0.25, 0.3) is 0 Å². The summed E-state index contributed by atoms with van der Waals surface area (Å²) in [4.78, 5) is 23.3. The zero-order valence-corrected chi connectivity index (χ0v) is 13.8. The maximum atomic E-state index is 12.0. The maximum Gasteiger partial charge on any atom is 0.226 e. The summed E-state index contributed by atoms with van der Waals surface area (Å²) < 4.78 is 0. The van der Waals surface area contributed by atoms with Crippen LogP contribution < -0.4 is 10.6 Å². The van der Waals surface area contributed by atoms with Gasteiger partial charge >= 0.3 is 0 Å². The number of carbonyl (C=O) groups is 2. The lowest BCUT2D eigenvalue weighted by Crippen LogP contribution is -2.16. The minimum absolute atomic E-state index is 0.0161. The van der Waals surface area contributed by atoms with E-state index in [2.05, 4.69) is 28.8 Å². The second kappa shape index (κ2) is 7.58. The number of carbonyl (C=O) groups excluding carboxylic acids is 2. The molecule has 2 aromatic carbocycles. The monoisotopic (exact) mass is 310 g/mol. The minimum atomic E-state index is -0.0809. The molecule has 0 atom stereocenters. The Morgan fingerprint density at radius 3 is 2.30 bits per heavy atom. The number of amides is 1. The second-order valence-corrected chi connectivity index (χ2v) is 5.74. The highest BCUT2D eigenvalue weighted by Gasteiger charge is 2.05. The largest absolute Gasteiger partial charge is 0.385 e. The van der Waals surface area contributed by atoms with Crippen LogP contribution in [0, 0.1) is 13.8 Å². The van der Waals surface area contributed by atoms with Crippen molar-refractivity contribution in [2.75, 3.05) is 17.2 Å². The molecule has 0 aliphatic carbocycles. The molecule has 0 aromatic heterocycles. The first-order valence-electron chi connectivity index (χ1n) is 7.67. The predicted octanol–water partition coefficient (Wildman–Crippen LogP) is 3.95. The van der Waals surface area contributed by atoms with Crippen molar-refractivity contribution >= 4 is 23.1 Å². The van der Waals surface area contributed by atoms with Crippen molar-refractivity contribution in [2.45, 2.75) is 27.2 Å². The fourth-order valence-electron chi connectivity index (χ4n) is 2.44. The third kappa shape index (κ3) is 5.25. The van der Waals surface area contributed by atoms with Crippen molar-refractivity contribution in [2.24, 2.45) is 0 Å². The molecule has 2 rings (SSSR count). The zero-order valence-electron chi connectivity index (χ0n) is 13.8. The lowest BCUT2D eigenvalue weighted by molar-refractivity contribution is -0.115. The molecule has 1 amide bonds. The summed E-state index contributed by atoms with van der Waals surface area (Å²) in [6, 6.07) is 13.2. The van der Waals surface area contributed by atoms with Gasteiger partial charge in [0.15, 0.2) is 5.78 Å². The van der Waals surface area contributed by atoms with Crippen LogP contribution in [0.4, 0.5) is 11.4 Å². The van der Waals surface area contributed by atoms with Crippen molar-refractivity contribution < 1.29 is 9.59 Å². The minimum Gasteiger partial charge on any atom is -0.385 e. The third-order valence-corrected chi connectivity index (χ3v) is 3.46. The Labute approximate surface area is 136 Å². The van der Waals surface area contributed by atoms with Crippen molar-refractivity contribution in [1.82, 2.24) is 0 Å². The van der Waals surface area contributed by atoms with Crippen LogP contribution in [0.1, 0.15) is 34.8 Å². The van der Waals surface area contributed by atoms with E-state index in [1.165, 1.54) is 18.1 Å². The van der Waals surface area contributed by atoms with Gasteiger partial charge in [0.2, 0.25) is 5.91 Å². The Balaban J connectivity index is 1.85. The summed E-state index contributed by atoms with van der Waals surface area (Å²) >= 11 is 0. The van der Waals surface area contributed by atoms with Gasteiger partial charge in [0.1, 0.15) is 0 Å². The van der Waals surface area contributed by atoms with E-state index in [4.69, 9.17) is 0 Å². The Morgan fingerprint density at radius 1 is 0.957 bits per heavy atom. The molecule has 0 heterocycles. The highest BCUT2D eigenvalue weighted by Crippen LogP contribution is 2.14. The molecule has 0 fully saturated rings. The number of hydrogen-bond acceptors (Lipinski definition) is 3. The van der Waals surface area contributed by atoms with Gasteiger partial charge in [-0.25, -0.2) is 0 Å². The van der Waals surface area contributed by atoms with Crippen molar-refractivity contribution in [3.8, 4) is 0 Å². The summed E-state index contributed by atoms with van der Waals surface area (Å²) in [5.41, 5.74) is 4.65. The van der Waals surface area contributed by atoms with Crippen LogP contribution in [-0.2, 0) is 4.79 Å². The maximum absolute atomic E-state index is 12.0. The van der Waals surface area contributed by atoms with E-state index in [1.54, 1.807) is 24.3 Å². The Bertz CT molecular complexity index is 703. The SMILES string of the molecule is CC(=O)c1cccc(NC(=O)CCNc2cc(C)cc(C)c2)c1. The number of hydrogen-bond donors (Lipinski definition) is 2. The first-order chi connectivity index (χ1) is 10.9. The Kier molecular flexibility index (Phi) is 5.52. The number of ketones is 1. The molecule has 0 radical (unpaired) electrons. The van der Waals surface area contributed by atoms with E-state index >= 15 is 0 Å². The highest BCUT2D eigenvalue weighted by atomic mass is 16.1. The second-order valence-electron chi connectivity index (χ2n) is 5.74. The van der Waals surface area contributed by atoms with Crippen LogP contribution in [0.5, 0.6) is 0 Å². The molecule has 0 aliphatic heterocycles. The van der Waals surface area contributed by atoms with Gasteiger partial charge in [-0.1, -0.05) is 18.2 Å². The standard InChI is InChI=1S/C19H22N2O2/c1-13-9-14(2)11-18(10-13)20-8-7-19(23)21-17-6-4-5-16(12-17)15(3)22/h4-6,9-12,20H,7-8H2,1-3H3,(H,21,23). The fraction of sp³-hybridized carbons (Fsp3) is 0.263. The predicted molar refractivity (Wildman–Crippen MR) is 94.1 cm³/mol. The Morgan fingerprint density at radius 2 is 1.65 bits per heavy atom. The highest BCUT2D eigenvalue weighted by molar-refractivity contribution is 5.97. The molecule has 2 N–H and O–H groups in total. The van der Waals surface area contributed by atoms with Gasteiger partial charge in [0, 0.05) is 29.9 Å². The number of anilines is 2. The summed E-state index contributed by atoms with van der Waals surface area (Å²) in [5, 5.41) is 6.07. The van der Waals surface area contributed by atoms with Crippen LogP contribution in [0.2, 0.25) is 0 Å². The van der Waals surface area contributed by atoms with Gasteiger partial charge in [-0.15, -0.1) is 0 Å². The molecule has 0 saturated heterocycles. The molecule has 23 heavy (non-hydrogen) atoms.